The summed E-state index contributed by atoms with van der Waals surface area (Å²) in [6, 6.07) is 48.1. The van der Waals surface area contributed by atoms with Gasteiger partial charge in [-0.1, -0.05) is 132 Å². The van der Waals surface area contributed by atoms with Crippen LogP contribution in [-0.4, -0.2) is 11.8 Å². The lowest BCUT2D eigenvalue weighted by molar-refractivity contribution is 0.590. The van der Waals surface area contributed by atoms with Crippen molar-refractivity contribution in [2.24, 2.45) is 0 Å². The average molecular weight is 689 g/mol. The van der Waals surface area contributed by atoms with Crippen molar-refractivity contribution in [2.75, 3.05) is 5.32 Å². The normalized spacial score (nSPS) is 13.0. The topological polar surface area (TPSA) is 17.0 Å². The van der Waals surface area contributed by atoms with E-state index in [9.17, 15) is 0 Å². The number of nitrogens with zero attached hydrogens (tertiary/aromatic N) is 1. The standard InChI is InChI=1S/C48H41BN2S/c1-47(2,3)28-19-22-30(23-20-28)50-38-26-35-31-13-10-12-18-41(31)52-42(35)27-36(38)43-32-14-7-8-15-33(32)44-34-16-9-11-17-39(34)51-40-24-21-29(48(4,5)6)25-37(40)49-45(43)46(44)51/h7-27,49-50H,1-6H3. The fourth-order valence-electron chi connectivity index (χ4n) is 8.62. The van der Waals surface area contributed by atoms with E-state index in [0.29, 0.717) is 0 Å². The van der Waals surface area contributed by atoms with E-state index in [1.165, 1.54) is 91.6 Å². The molecule has 0 saturated heterocycles. The Bertz CT molecular complexity index is 2910. The van der Waals surface area contributed by atoms with Crippen LogP contribution in [-0.2, 0) is 10.8 Å². The molecule has 0 bridgehead atoms. The van der Waals surface area contributed by atoms with Gasteiger partial charge in [-0.3, -0.25) is 0 Å². The number of nitrogens with one attached hydrogen (secondary N) is 1. The predicted octanol–water partition coefficient (Wildman–Crippen LogP) is 12.0. The number of aromatic nitrogens is 1. The van der Waals surface area contributed by atoms with Crippen molar-refractivity contribution in [3.63, 3.8) is 0 Å². The Labute approximate surface area is 310 Å². The second-order valence-corrected chi connectivity index (χ2v) is 17.8. The van der Waals surface area contributed by atoms with E-state index in [4.69, 9.17) is 0 Å². The molecule has 10 rings (SSSR count). The molecule has 1 aliphatic rings. The molecule has 252 valence electrons. The molecular weight excluding hydrogens is 647 g/mol. The summed E-state index contributed by atoms with van der Waals surface area (Å²) in [7, 11) is 0.871. The Hall–Kier alpha value is -5.32. The molecule has 52 heavy (non-hydrogen) atoms. The molecule has 3 heterocycles. The number of thiophene rings is 1. The molecule has 2 nitrogen and oxygen atoms in total. The van der Waals surface area contributed by atoms with Gasteiger partial charge < -0.3 is 9.88 Å². The molecule has 0 spiro atoms. The second kappa shape index (κ2) is 11.1. The molecule has 0 amide bonds. The highest BCUT2D eigenvalue weighted by molar-refractivity contribution is 7.25. The maximum absolute atomic E-state index is 3.97. The maximum atomic E-state index is 3.97. The summed E-state index contributed by atoms with van der Waals surface area (Å²) in [4.78, 5) is 0. The first-order valence-electron chi connectivity index (χ1n) is 18.5. The number of rotatable bonds is 3. The Morgan fingerprint density at radius 3 is 1.98 bits per heavy atom. The van der Waals surface area contributed by atoms with E-state index in [1.807, 2.05) is 11.3 Å². The summed E-state index contributed by atoms with van der Waals surface area (Å²) >= 11 is 1.89. The molecule has 0 unspecified atom stereocenters. The van der Waals surface area contributed by atoms with Crippen LogP contribution in [0.1, 0.15) is 52.7 Å². The number of benzene rings is 7. The van der Waals surface area contributed by atoms with Crippen molar-refractivity contribution in [1.82, 2.24) is 4.57 Å². The summed E-state index contributed by atoms with van der Waals surface area (Å²) in [5.74, 6) is 0. The molecule has 4 heteroatoms. The third kappa shape index (κ3) is 4.70. The van der Waals surface area contributed by atoms with Crippen LogP contribution in [0.5, 0.6) is 0 Å². The summed E-state index contributed by atoms with van der Waals surface area (Å²) < 4.78 is 5.20. The third-order valence-corrected chi connectivity index (χ3v) is 12.4. The first kappa shape index (κ1) is 31.4. The largest absolute Gasteiger partial charge is 0.355 e. The van der Waals surface area contributed by atoms with E-state index in [1.54, 1.807) is 0 Å². The summed E-state index contributed by atoms with van der Waals surface area (Å²) in [6.07, 6.45) is 0. The smallest absolute Gasteiger partial charge is 0.198 e. The van der Waals surface area contributed by atoms with Gasteiger partial charge in [0.25, 0.3) is 0 Å². The van der Waals surface area contributed by atoms with Crippen LogP contribution in [0, 0.1) is 0 Å². The van der Waals surface area contributed by atoms with Gasteiger partial charge in [-0.05, 0) is 86.2 Å². The van der Waals surface area contributed by atoms with E-state index < -0.39 is 0 Å². The zero-order chi connectivity index (χ0) is 35.5. The minimum absolute atomic E-state index is 0.0570. The highest BCUT2D eigenvalue weighted by Gasteiger charge is 2.30. The van der Waals surface area contributed by atoms with E-state index >= 15 is 0 Å². The Balaban J connectivity index is 1.32. The van der Waals surface area contributed by atoms with Crippen molar-refractivity contribution in [1.29, 1.82) is 0 Å². The molecule has 0 radical (unpaired) electrons. The zero-order valence-electron chi connectivity index (χ0n) is 30.7. The van der Waals surface area contributed by atoms with E-state index in [2.05, 4.69) is 179 Å². The van der Waals surface area contributed by atoms with Crippen molar-refractivity contribution < 1.29 is 0 Å². The lowest BCUT2D eigenvalue weighted by Gasteiger charge is -2.27. The summed E-state index contributed by atoms with van der Waals surface area (Å²) in [5, 5.41) is 11.8. The Kier molecular flexibility index (Phi) is 6.70. The molecule has 1 aliphatic heterocycles. The van der Waals surface area contributed by atoms with Gasteiger partial charge in [0.15, 0.2) is 7.28 Å². The van der Waals surface area contributed by atoms with Crippen LogP contribution in [0.2, 0.25) is 0 Å². The molecule has 1 N–H and O–H groups in total. The van der Waals surface area contributed by atoms with Gasteiger partial charge in [-0.15, -0.1) is 11.3 Å². The van der Waals surface area contributed by atoms with Crippen LogP contribution in [0.15, 0.2) is 127 Å². The SMILES string of the molecule is CC(C)(C)c1ccc(Nc2cc3c(cc2-c2c4c5c(c6ccccc26)c2ccccc2n5-c2ccc(C(C)(C)C)cc2B4)sc2ccccc23)cc1. The molecule has 7 aromatic carbocycles. The second-order valence-electron chi connectivity index (χ2n) is 16.7. The molecule has 0 aliphatic carbocycles. The monoisotopic (exact) mass is 688 g/mol. The van der Waals surface area contributed by atoms with Gasteiger partial charge >= 0.3 is 0 Å². The number of para-hydroxylation sites is 1. The minimum Gasteiger partial charge on any atom is -0.355 e. The van der Waals surface area contributed by atoms with Crippen molar-refractivity contribution in [3.8, 4) is 16.8 Å². The minimum atomic E-state index is 0.0570. The van der Waals surface area contributed by atoms with Crippen LogP contribution in [0.25, 0.3) is 69.6 Å². The van der Waals surface area contributed by atoms with E-state index in [0.717, 1.165) is 18.7 Å². The van der Waals surface area contributed by atoms with E-state index in [-0.39, 0.29) is 10.8 Å². The zero-order valence-corrected chi connectivity index (χ0v) is 31.5. The first-order valence-corrected chi connectivity index (χ1v) is 19.3. The molecule has 2 aromatic heterocycles. The Morgan fingerprint density at radius 1 is 0.577 bits per heavy atom. The van der Waals surface area contributed by atoms with Gasteiger partial charge in [0.2, 0.25) is 0 Å². The van der Waals surface area contributed by atoms with Gasteiger partial charge in [0, 0.05) is 59.1 Å². The summed E-state index contributed by atoms with van der Waals surface area (Å²) in [5.41, 5.74) is 14.3. The number of anilines is 2. The van der Waals surface area contributed by atoms with Gasteiger partial charge in [0.1, 0.15) is 0 Å². The Morgan fingerprint density at radius 2 is 1.23 bits per heavy atom. The summed E-state index contributed by atoms with van der Waals surface area (Å²) in [6.45, 7) is 13.8. The van der Waals surface area contributed by atoms with Gasteiger partial charge in [0.05, 0.1) is 5.52 Å². The van der Waals surface area contributed by atoms with Crippen molar-refractivity contribution >= 4 is 93.7 Å². The van der Waals surface area contributed by atoms with Crippen LogP contribution in [0.3, 0.4) is 0 Å². The molecule has 0 atom stereocenters. The van der Waals surface area contributed by atoms with Crippen LogP contribution in [0.4, 0.5) is 11.4 Å². The van der Waals surface area contributed by atoms with Crippen LogP contribution >= 0.6 is 11.3 Å². The molecule has 9 aromatic rings. The van der Waals surface area contributed by atoms with Gasteiger partial charge in [-0.2, -0.15) is 0 Å². The quantitative estimate of drug-likeness (QED) is 0.183. The molecule has 0 saturated carbocycles. The van der Waals surface area contributed by atoms with Crippen molar-refractivity contribution in [2.45, 2.75) is 52.4 Å². The van der Waals surface area contributed by atoms with Crippen LogP contribution < -0.4 is 16.2 Å². The highest BCUT2D eigenvalue weighted by Crippen LogP contribution is 2.46. The fourth-order valence-corrected chi connectivity index (χ4v) is 9.75. The van der Waals surface area contributed by atoms with Crippen molar-refractivity contribution in [3.05, 3.63) is 139 Å². The highest BCUT2D eigenvalue weighted by atomic mass is 32.1. The number of hydrogen-bond acceptors (Lipinski definition) is 2. The number of fused-ring (bicyclic) bond motifs is 10. The maximum Gasteiger partial charge on any atom is 0.198 e. The molecular formula is C48H41BN2S. The average Bonchev–Trinajstić information content (AvgIpc) is 3.67. The number of hydrogen-bond donors (Lipinski definition) is 1. The fraction of sp³-hybridized carbons (Fsp3) is 0.167. The lowest BCUT2D eigenvalue weighted by Crippen LogP contribution is -2.38. The lowest BCUT2D eigenvalue weighted by atomic mass is 9.57. The first-order chi connectivity index (χ1) is 25.0. The predicted molar refractivity (Wildman–Crippen MR) is 230 cm³/mol. The molecule has 0 fully saturated rings. The van der Waals surface area contributed by atoms with Gasteiger partial charge in [-0.25, -0.2) is 0 Å². The third-order valence-electron chi connectivity index (χ3n) is 11.3.